The Bertz CT molecular complexity index is 582. The molecule has 4 nitrogen and oxygen atoms in total. The smallest absolute Gasteiger partial charge is 0.288 e. The first kappa shape index (κ1) is 12.3. The van der Waals surface area contributed by atoms with Crippen LogP contribution < -0.4 is 10.5 Å². The number of nitrogens with one attached hydrogen (secondary N) is 1. The third-order valence-electron chi connectivity index (χ3n) is 2.94. The Morgan fingerprint density at radius 3 is 2.61 bits per heavy atom. The van der Waals surface area contributed by atoms with Crippen molar-refractivity contribution in [3.05, 3.63) is 58.3 Å². The highest BCUT2D eigenvalue weighted by molar-refractivity contribution is 5.34. The molecule has 0 fully saturated rings. The quantitative estimate of drug-likeness (QED) is 0.903. The molecule has 2 rings (SSSR count). The zero-order chi connectivity index (χ0) is 13.1. The van der Waals surface area contributed by atoms with Gasteiger partial charge in [-0.25, -0.2) is 4.98 Å². The SMILES string of the molecule is CC(c1ccccc1)N(C)c1ncc(F)c(=O)[nH]1. The van der Waals surface area contributed by atoms with Crippen LogP contribution >= 0.6 is 0 Å². The van der Waals surface area contributed by atoms with E-state index in [9.17, 15) is 9.18 Å². The molecule has 1 unspecified atom stereocenters. The molecule has 0 aliphatic rings. The van der Waals surface area contributed by atoms with Crippen LogP contribution in [-0.2, 0) is 0 Å². The Balaban J connectivity index is 2.28. The number of hydrogen-bond acceptors (Lipinski definition) is 3. The zero-order valence-electron chi connectivity index (χ0n) is 10.2. The number of anilines is 1. The van der Waals surface area contributed by atoms with Gasteiger partial charge >= 0.3 is 0 Å². The second-order valence-electron chi connectivity index (χ2n) is 4.08. The maximum Gasteiger partial charge on any atom is 0.288 e. The Morgan fingerprint density at radius 1 is 1.33 bits per heavy atom. The Morgan fingerprint density at radius 2 is 2.00 bits per heavy atom. The lowest BCUT2D eigenvalue weighted by atomic mass is 10.1. The van der Waals surface area contributed by atoms with E-state index in [0.717, 1.165) is 11.8 Å². The maximum absolute atomic E-state index is 12.9. The molecule has 0 radical (unpaired) electrons. The van der Waals surface area contributed by atoms with Gasteiger partial charge in [-0.05, 0) is 12.5 Å². The molecule has 94 valence electrons. The number of aromatic amines is 1. The van der Waals surface area contributed by atoms with Crippen LogP contribution in [0, 0.1) is 5.82 Å². The van der Waals surface area contributed by atoms with Crippen LogP contribution in [0.25, 0.3) is 0 Å². The van der Waals surface area contributed by atoms with E-state index in [0.29, 0.717) is 5.95 Å². The summed E-state index contributed by atoms with van der Waals surface area (Å²) in [7, 11) is 1.80. The first-order chi connectivity index (χ1) is 8.59. The molecule has 1 heterocycles. The first-order valence-electron chi connectivity index (χ1n) is 5.62. The van der Waals surface area contributed by atoms with E-state index in [4.69, 9.17) is 0 Å². The maximum atomic E-state index is 12.9. The highest BCUT2D eigenvalue weighted by atomic mass is 19.1. The minimum atomic E-state index is -0.875. The topological polar surface area (TPSA) is 49.0 Å². The molecule has 0 saturated heterocycles. The van der Waals surface area contributed by atoms with E-state index in [2.05, 4.69) is 9.97 Å². The van der Waals surface area contributed by atoms with Crippen molar-refractivity contribution in [3.63, 3.8) is 0 Å². The van der Waals surface area contributed by atoms with Gasteiger partial charge in [-0.1, -0.05) is 30.3 Å². The predicted octanol–water partition coefficient (Wildman–Crippen LogP) is 2.11. The molecule has 2 aromatic rings. The van der Waals surface area contributed by atoms with Crippen LogP contribution in [0.15, 0.2) is 41.3 Å². The van der Waals surface area contributed by atoms with Crippen LogP contribution in [0.2, 0.25) is 0 Å². The molecule has 5 heteroatoms. The highest BCUT2D eigenvalue weighted by Gasteiger charge is 2.14. The average molecular weight is 247 g/mol. The summed E-state index contributed by atoms with van der Waals surface area (Å²) in [4.78, 5) is 19.3. The molecular weight excluding hydrogens is 233 g/mol. The van der Waals surface area contributed by atoms with Gasteiger partial charge in [-0.15, -0.1) is 0 Å². The zero-order valence-corrected chi connectivity index (χ0v) is 10.2. The average Bonchev–Trinajstić information content (AvgIpc) is 2.41. The molecule has 0 aliphatic heterocycles. The van der Waals surface area contributed by atoms with Gasteiger partial charge in [0.25, 0.3) is 5.56 Å². The Hall–Kier alpha value is -2.17. The van der Waals surface area contributed by atoms with Crippen LogP contribution in [0.3, 0.4) is 0 Å². The van der Waals surface area contributed by atoms with Crippen molar-refractivity contribution < 1.29 is 4.39 Å². The minimum absolute atomic E-state index is 0.0276. The summed E-state index contributed by atoms with van der Waals surface area (Å²) in [6.45, 7) is 1.98. The first-order valence-corrected chi connectivity index (χ1v) is 5.62. The summed E-state index contributed by atoms with van der Waals surface area (Å²) in [5.74, 6) is -0.530. The third-order valence-corrected chi connectivity index (χ3v) is 2.94. The predicted molar refractivity (Wildman–Crippen MR) is 68.1 cm³/mol. The van der Waals surface area contributed by atoms with E-state index in [-0.39, 0.29) is 6.04 Å². The molecule has 0 aliphatic carbocycles. The van der Waals surface area contributed by atoms with Crippen LogP contribution in [0.5, 0.6) is 0 Å². The van der Waals surface area contributed by atoms with E-state index in [1.165, 1.54) is 0 Å². The van der Waals surface area contributed by atoms with Crippen molar-refractivity contribution in [2.75, 3.05) is 11.9 Å². The lowest BCUT2D eigenvalue weighted by molar-refractivity contribution is 0.595. The van der Waals surface area contributed by atoms with Crippen LogP contribution in [0.4, 0.5) is 10.3 Å². The van der Waals surface area contributed by atoms with Gasteiger partial charge in [-0.3, -0.25) is 9.78 Å². The number of rotatable bonds is 3. The molecule has 1 aromatic carbocycles. The summed E-state index contributed by atoms with van der Waals surface area (Å²) >= 11 is 0. The molecule has 1 atom stereocenters. The van der Waals surface area contributed by atoms with Crippen molar-refractivity contribution >= 4 is 5.95 Å². The highest BCUT2D eigenvalue weighted by Crippen LogP contribution is 2.21. The summed E-state index contributed by atoms with van der Waals surface area (Å²) < 4.78 is 12.9. The summed E-state index contributed by atoms with van der Waals surface area (Å²) in [5.41, 5.74) is 0.332. The van der Waals surface area contributed by atoms with E-state index >= 15 is 0 Å². The van der Waals surface area contributed by atoms with Gasteiger partial charge < -0.3 is 4.90 Å². The van der Waals surface area contributed by atoms with Gasteiger partial charge in [0, 0.05) is 7.05 Å². The second kappa shape index (κ2) is 5.00. The molecule has 1 aromatic heterocycles. The number of H-pyrrole nitrogens is 1. The second-order valence-corrected chi connectivity index (χ2v) is 4.08. The van der Waals surface area contributed by atoms with Gasteiger partial charge in [-0.2, -0.15) is 4.39 Å². The summed E-state index contributed by atoms with van der Waals surface area (Å²) in [6, 6.07) is 9.83. The molecular formula is C13H14FN3O. The van der Waals surface area contributed by atoms with E-state index in [1.54, 1.807) is 11.9 Å². The fourth-order valence-corrected chi connectivity index (χ4v) is 1.69. The minimum Gasteiger partial charge on any atom is -0.339 e. The number of halogens is 1. The van der Waals surface area contributed by atoms with Crippen molar-refractivity contribution in [1.29, 1.82) is 0 Å². The molecule has 0 saturated carbocycles. The van der Waals surface area contributed by atoms with Crippen molar-refractivity contribution in [1.82, 2.24) is 9.97 Å². The standard InChI is InChI=1S/C13H14FN3O/c1-9(10-6-4-3-5-7-10)17(2)13-15-8-11(14)12(18)16-13/h3-9H,1-2H3,(H,15,16,18). The van der Waals surface area contributed by atoms with Crippen molar-refractivity contribution in [2.45, 2.75) is 13.0 Å². The van der Waals surface area contributed by atoms with Crippen LogP contribution in [0.1, 0.15) is 18.5 Å². The Kier molecular flexibility index (Phi) is 3.41. The monoisotopic (exact) mass is 247 g/mol. The van der Waals surface area contributed by atoms with Gasteiger partial charge in [0.05, 0.1) is 12.2 Å². The summed E-state index contributed by atoms with van der Waals surface area (Å²) in [5, 5.41) is 0. The lowest BCUT2D eigenvalue weighted by Gasteiger charge is -2.25. The molecule has 0 spiro atoms. The molecule has 18 heavy (non-hydrogen) atoms. The van der Waals surface area contributed by atoms with Crippen molar-refractivity contribution in [3.8, 4) is 0 Å². The normalized spacial score (nSPS) is 12.2. The number of benzene rings is 1. The van der Waals surface area contributed by atoms with Crippen LogP contribution in [-0.4, -0.2) is 17.0 Å². The Labute approximate surface area is 104 Å². The molecule has 0 amide bonds. The number of nitrogens with zero attached hydrogens (tertiary/aromatic N) is 2. The largest absolute Gasteiger partial charge is 0.339 e. The number of hydrogen-bond donors (Lipinski definition) is 1. The lowest BCUT2D eigenvalue weighted by Crippen LogP contribution is -2.26. The van der Waals surface area contributed by atoms with Gasteiger partial charge in [0.2, 0.25) is 11.8 Å². The fourth-order valence-electron chi connectivity index (χ4n) is 1.69. The molecule has 1 N–H and O–H groups in total. The third kappa shape index (κ3) is 2.40. The summed E-state index contributed by atoms with van der Waals surface area (Å²) in [6.07, 6.45) is 0.933. The fraction of sp³-hybridized carbons (Fsp3) is 0.231. The van der Waals surface area contributed by atoms with Gasteiger partial charge in [0.1, 0.15) is 0 Å². The van der Waals surface area contributed by atoms with E-state index < -0.39 is 11.4 Å². The molecule has 0 bridgehead atoms. The van der Waals surface area contributed by atoms with Gasteiger partial charge in [0.15, 0.2) is 0 Å². The number of aromatic nitrogens is 2. The van der Waals surface area contributed by atoms with E-state index in [1.807, 2.05) is 37.3 Å². The van der Waals surface area contributed by atoms with Crippen molar-refractivity contribution in [2.24, 2.45) is 0 Å².